The van der Waals surface area contributed by atoms with Gasteiger partial charge in [0.15, 0.2) is 0 Å². The first-order valence-corrected chi connectivity index (χ1v) is 11.5. The molecule has 0 radical (unpaired) electrons. The minimum absolute atomic E-state index is 0.0196. The number of likely N-dealkylation sites (tertiary alicyclic amines) is 1. The van der Waals surface area contributed by atoms with Crippen LogP contribution in [0.15, 0.2) is 66.9 Å². The van der Waals surface area contributed by atoms with Crippen LogP contribution >= 0.6 is 0 Å². The highest BCUT2D eigenvalue weighted by molar-refractivity contribution is 5.95. The minimum atomic E-state index is -0.270. The van der Waals surface area contributed by atoms with Crippen molar-refractivity contribution < 1.29 is 9.18 Å². The van der Waals surface area contributed by atoms with Gasteiger partial charge in [-0.05, 0) is 90.6 Å². The summed E-state index contributed by atoms with van der Waals surface area (Å²) in [4.78, 5) is 15.1. The summed E-state index contributed by atoms with van der Waals surface area (Å²) in [6, 6.07) is 19.7. The van der Waals surface area contributed by atoms with Crippen LogP contribution in [-0.2, 0) is 5.41 Å². The number of hydrogen-bond acceptors (Lipinski definition) is 3. The van der Waals surface area contributed by atoms with Crippen LogP contribution in [-0.4, -0.2) is 33.7 Å². The zero-order chi connectivity index (χ0) is 23.6. The molecule has 0 unspecified atom stereocenters. The van der Waals surface area contributed by atoms with Crippen LogP contribution in [0.25, 0.3) is 16.6 Å². The number of halogens is 1. The fourth-order valence-electron chi connectivity index (χ4n) is 5.95. The van der Waals surface area contributed by atoms with Gasteiger partial charge >= 0.3 is 0 Å². The lowest BCUT2D eigenvalue weighted by molar-refractivity contribution is 0.0765. The first-order chi connectivity index (χ1) is 16.4. The highest BCUT2D eigenvalue weighted by Crippen LogP contribution is 2.64. The Morgan fingerprint density at radius 1 is 1.15 bits per heavy atom. The van der Waals surface area contributed by atoms with Crippen LogP contribution in [0.3, 0.4) is 0 Å². The molecule has 1 saturated carbocycles. The number of carbonyl (C=O) groups is 1. The second-order valence-corrected chi connectivity index (χ2v) is 9.57. The van der Waals surface area contributed by atoms with Gasteiger partial charge in [-0.2, -0.15) is 10.4 Å². The molecule has 2 fully saturated rings. The number of nitrogens with zero attached hydrogens (tertiary/aromatic N) is 4. The third kappa shape index (κ3) is 2.90. The van der Waals surface area contributed by atoms with Crippen molar-refractivity contribution in [1.82, 2.24) is 14.7 Å². The standard InChI is InChI=1S/C28H23FN4O/c1-17-11-26-21(14-31-33(26)23-9-7-22(29)8-10-23)12-24(17)28-16-32(15-25(28)18(28)2)27(34)20-5-3-19(13-30)4-6-20/h3-12,14,18,25H,15-16H2,1-2H3/t18-,25-,28+/m1/s1. The van der Waals surface area contributed by atoms with Crippen molar-refractivity contribution in [3.8, 4) is 11.8 Å². The molecule has 0 N–H and O–H groups in total. The van der Waals surface area contributed by atoms with Crippen LogP contribution in [0, 0.1) is 35.9 Å². The monoisotopic (exact) mass is 450 g/mol. The molecule has 2 heterocycles. The highest BCUT2D eigenvalue weighted by atomic mass is 19.1. The summed E-state index contributed by atoms with van der Waals surface area (Å²) < 4.78 is 15.2. The van der Waals surface area contributed by atoms with E-state index in [9.17, 15) is 9.18 Å². The van der Waals surface area contributed by atoms with E-state index in [1.807, 2.05) is 15.8 Å². The van der Waals surface area contributed by atoms with E-state index in [-0.39, 0.29) is 17.1 Å². The van der Waals surface area contributed by atoms with E-state index < -0.39 is 0 Å². The average Bonchev–Trinajstić information content (AvgIpc) is 3.18. The molecule has 0 bridgehead atoms. The smallest absolute Gasteiger partial charge is 0.253 e. The molecule has 3 aromatic carbocycles. The van der Waals surface area contributed by atoms with E-state index >= 15 is 0 Å². The SMILES string of the molecule is Cc1cc2c(cnn2-c2ccc(F)cc2)cc1[C@@]12CN(C(=O)c3ccc(C#N)cc3)C[C@@H]1[C@H]2C. The van der Waals surface area contributed by atoms with Crippen LogP contribution < -0.4 is 0 Å². The fourth-order valence-corrected chi connectivity index (χ4v) is 5.95. The van der Waals surface area contributed by atoms with E-state index in [1.54, 1.807) is 36.4 Å². The molecule has 5 nitrogen and oxygen atoms in total. The molecule has 1 aromatic heterocycles. The van der Waals surface area contributed by atoms with Crippen molar-refractivity contribution >= 4 is 16.8 Å². The van der Waals surface area contributed by atoms with Gasteiger partial charge in [-0.3, -0.25) is 4.79 Å². The van der Waals surface area contributed by atoms with Crippen LogP contribution in [0.4, 0.5) is 4.39 Å². The zero-order valence-electron chi connectivity index (χ0n) is 19.0. The van der Waals surface area contributed by atoms with Crippen LogP contribution in [0.5, 0.6) is 0 Å². The number of benzene rings is 3. The van der Waals surface area contributed by atoms with Gasteiger partial charge in [0.2, 0.25) is 0 Å². The Morgan fingerprint density at radius 2 is 1.88 bits per heavy atom. The Balaban J connectivity index is 1.33. The maximum absolute atomic E-state index is 13.4. The summed E-state index contributed by atoms with van der Waals surface area (Å²) in [6.45, 7) is 5.83. The first-order valence-electron chi connectivity index (χ1n) is 11.5. The second kappa shape index (κ2) is 7.26. The third-order valence-corrected chi connectivity index (χ3v) is 7.87. The first kappa shape index (κ1) is 20.6. The van der Waals surface area contributed by atoms with E-state index in [0.717, 1.165) is 23.1 Å². The Hall–Kier alpha value is -3.98. The highest BCUT2D eigenvalue weighted by Gasteiger charge is 2.68. The molecule has 2 aliphatic rings. The van der Waals surface area contributed by atoms with Gasteiger partial charge in [-0.25, -0.2) is 9.07 Å². The van der Waals surface area contributed by atoms with Gasteiger partial charge in [0, 0.05) is 29.5 Å². The van der Waals surface area contributed by atoms with Crippen molar-refractivity contribution in [3.05, 3.63) is 94.9 Å². The van der Waals surface area contributed by atoms with Crippen LogP contribution in [0.2, 0.25) is 0 Å². The van der Waals surface area contributed by atoms with Crippen LogP contribution in [0.1, 0.15) is 34.0 Å². The predicted molar refractivity (Wildman–Crippen MR) is 127 cm³/mol. The maximum Gasteiger partial charge on any atom is 0.253 e. The summed E-state index contributed by atoms with van der Waals surface area (Å²) in [5.41, 5.74) is 5.40. The van der Waals surface area contributed by atoms with E-state index in [1.165, 1.54) is 23.3 Å². The van der Waals surface area contributed by atoms with Gasteiger partial charge < -0.3 is 4.90 Å². The lowest BCUT2D eigenvalue weighted by Crippen LogP contribution is -2.34. The summed E-state index contributed by atoms with van der Waals surface area (Å²) in [7, 11) is 0. The Morgan fingerprint density at radius 3 is 2.59 bits per heavy atom. The zero-order valence-corrected chi connectivity index (χ0v) is 19.0. The average molecular weight is 451 g/mol. The molecule has 168 valence electrons. The number of aromatic nitrogens is 2. The minimum Gasteiger partial charge on any atom is -0.337 e. The number of carbonyl (C=O) groups excluding carboxylic acids is 1. The molecule has 1 saturated heterocycles. The molecule has 4 aromatic rings. The molecular weight excluding hydrogens is 427 g/mol. The number of fused-ring (bicyclic) bond motifs is 2. The topological polar surface area (TPSA) is 61.9 Å². The third-order valence-electron chi connectivity index (χ3n) is 7.87. The molecule has 3 atom stereocenters. The number of piperidine rings is 1. The second-order valence-electron chi connectivity index (χ2n) is 9.57. The van der Waals surface area contributed by atoms with Crippen molar-refractivity contribution in [1.29, 1.82) is 5.26 Å². The molecule has 1 aliphatic carbocycles. The van der Waals surface area contributed by atoms with Crippen molar-refractivity contribution in [2.75, 3.05) is 13.1 Å². The molecule has 1 amide bonds. The maximum atomic E-state index is 13.4. The summed E-state index contributed by atoms with van der Waals surface area (Å²) in [5, 5.41) is 14.6. The lowest BCUT2D eigenvalue weighted by Gasteiger charge is -2.24. The molecule has 6 heteroatoms. The fraction of sp³-hybridized carbons (Fsp3) is 0.250. The number of nitriles is 1. The number of hydrogen-bond donors (Lipinski definition) is 0. The molecular formula is C28H23FN4O. The number of amides is 1. The Kier molecular flexibility index (Phi) is 4.40. The lowest BCUT2D eigenvalue weighted by atomic mass is 9.88. The molecule has 34 heavy (non-hydrogen) atoms. The summed E-state index contributed by atoms with van der Waals surface area (Å²) >= 11 is 0. The van der Waals surface area contributed by atoms with Crippen molar-refractivity contribution in [2.45, 2.75) is 19.3 Å². The molecule has 6 rings (SSSR count). The normalized spacial score (nSPS) is 23.1. The van der Waals surface area contributed by atoms with E-state index in [4.69, 9.17) is 5.26 Å². The summed E-state index contributed by atoms with van der Waals surface area (Å²) in [5.74, 6) is 0.679. The van der Waals surface area contributed by atoms with Gasteiger partial charge in [0.25, 0.3) is 5.91 Å². The van der Waals surface area contributed by atoms with Gasteiger partial charge in [0.05, 0.1) is 29.0 Å². The van der Waals surface area contributed by atoms with Gasteiger partial charge in [-0.15, -0.1) is 0 Å². The summed E-state index contributed by atoms with van der Waals surface area (Å²) in [6.07, 6.45) is 1.86. The molecule has 0 spiro atoms. The number of rotatable bonds is 3. The van der Waals surface area contributed by atoms with E-state index in [2.05, 4.69) is 37.1 Å². The predicted octanol–water partition coefficient (Wildman–Crippen LogP) is 5.00. The largest absolute Gasteiger partial charge is 0.337 e. The Bertz CT molecular complexity index is 1480. The van der Waals surface area contributed by atoms with Gasteiger partial charge in [0.1, 0.15) is 5.82 Å². The number of aryl methyl sites for hydroxylation is 1. The Labute approximate surface area is 197 Å². The van der Waals surface area contributed by atoms with Crippen molar-refractivity contribution in [3.63, 3.8) is 0 Å². The molecule has 1 aliphatic heterocycles. The van der Waals surface area contributed by atoms with Gasteiger partial charge in [-0.1, -0.05) is 6.92 Å². The van der Waals surface area contributed by atoms with Crippen molar-refractivity contribution in [2.24, 2.45) is 11.8 Å². The van der Waals surface area contributed by atoms with E-state index in [0.29, 0.717) is 29.5 Å². The quantitative estimate of drug-likeness (QED) is 0.441.